The molecule has 2 aromatic carbocycles. The van der Waals surface area contributed by atoms with Gasteiger partial charge in [0.25, 0.3) is 11.8 Å². The minimum absolute atomic E-state index is 0.206. The number of aromatic nitrogens is 1. The lowest BCUT2D eigenvalue weighted by molar-refractivity contribution is 0.102. The summed E-state index contributed by atoms with van der Waals surface area (Å²) in [6.07, 6.45) is 1.65. The number of hydrogen-bond donors (Lipinski definition) is 3. The summed E-state index contributed by atoms with van der Waals surface area (Å²) in [7, 11) is 7.16. The minimum atomic E-state index is -0.452. The van der Waals surface area contributed by atoms with E-state index in [4.69, 9.17) is 17.0 Å². The Morgan fingerprint density at radius 3 is 2.12 bits per heavy atom. The maximum Gasteiger partial charge on any atom is 0.259 e. The maximum atomic E-state index is 13.1. The van der Waals surface area contributed by atoms with Crippen LogP contribution < -0.4 is 15.5 Å². The summed E-state index contributed by atoms with van der Waals surface area (Å²) in [6, 6.07) is 13.4. The average molecular weight is 479 g/mol. The van der Waals surface area contributed by atoms with E-state index in [2.05, 4.69) is 15.6 Å². The zero-order valence-electron chi connectivity index (χ0n) is 19.7. The predicted molar refractivity (Wildman–Crippen MR) is 138 cm³/mol. The van der Waals surface area contributed by atoms with Crippen LogP contribution in [0, 0.1) is 12.3 Å². The summed E-state index contributed by atoms with van der Waals surface area (Å²) in [4.78, 5) is 33.9. The summed E-state index contributed by atoms with van der Waals surface area (Å²) >= 11 is 6.30. The van der Waals surface area contributed by atoms with Gasteiger partial charge in [-0.1, -0.05) is 29.8 Å². The molecule has 176 valence electrons. The van der Waals surface area contributed by atoms with Gasteiger partial charge in [0.05, 0.1) is 16.9 Å². The van der Waals surface area contributed by atoms with Gasteiger partial charge in [0, 0.05) is 50.5 Å². The maximum absolute atomic E-state index is 13.1. The lowest BCUT2D eigenvalue weighted by atomic mass is 10.1. The van der Waals surface area contributed by atoms with Crippen LogP contribution in [0.15, 0.2) is 54.7 Å². The Kier molecular flexibility index (Phi) is 7.53. The minimum Gasteiger partial charge on any atom is -0.376 e. The number of nitrogens with one attached hydrogen (secondary N) is 3. The first kappa shape index (κ1) is 24.7. The molecule has 0 fully saturated rings. The van der Waals surface area contributed by atoms with Gasteiger partial charge in [-0.3, -0.25) is 15.0 Å². The molecule has 0 saturated carbocycles. The third-order valence-electron chi connectivity index (χ3n) is 5.07. The van der Waals surface area contributed by atoms with Gasteiger partial charge in [0.2, 0.25) is 0 Å². The molecule has 0 spiro atoms. The van der Waals surface area contributed by atoms with E-state index in [9.17, 15) is 9.59 Å². The molecular weight excluding hydrogens is 452 g/mol. The molecule has 0 saturated heterocycles. The van der Waals surface area contributed by atoms with E-state index in [0.29, 0.717) is 39.2 Å². The highest BCUT2D eigenvalue weighted by Crippen LogP contribution is 2.33. The topological polar surface area (TPSA) is 101 Å². The largest absolute Gasteiger partial charge is 0.376 e. The number of hydrogen-bond acceptors (Lipinski definition) is 5. The molecule has 0 aliphatic rings. The molecule has 2 amide bonds. The van der Waals surface area contributed by atoms with E-state index >= 15 is 0 Å². The van der Waals surface area contributed by atoms with E-state index < -0.39 is 11.8 Å². The summed E-state index contributed by atoms with van der Waals surface area (Å²) in [5.74, 6) is -0.121. The fraction of sp³-hybridized carbons (Fsp3) is 0.200. The predicted octanol–water partition coefficient (Wildman–Crippen LogP) is 4.50. The molecule has 34 heavy (non-hydrogen) atoms. The molecule has 0 atom stereocenters. The Morgan fingerprint density at radius 2 is 1.56 bits per heavy atom. The smallest absolute Gasteiger partial charge is 0.259 e. The van der Waals surface area contributed by atoms with E-state index in [1.807, 2.05) is 13.0 Å². The molecule has 0 aliphatic carbocycles. The highest BCUT2D eigenvalue weighted by atomic mass is 35.5. The molecule has 9 heteroatoms. The van der Waals surface area contributed by atoms with Crippen molar-refractivity contribution in [1.82, 2.24) is 9.88 Å². The van der Waals surface area contributed by atoms with Gasteiger partial charge in [-0.15, -0.1) is 0 Å². The lowest BCUT2D eigenvalue weighted by Crippen LogP contribution is -2.23. The van der Waals surface area contributed by atoms with E-state index in [0.717, 1.165) is 5.56 Å². The first-order chi connectivity index (χ1) is 16.1. The zero-order valence-corrected chi connectivity index (χ0v) is 20.5. The van der Waals surface area contributed by atoms with Crippen molar-refractivity contribution in [3.05, 3.63) is 82.0 Å². The van der Waals surface area contributed by atoms with Crippen molar-refractivity contribution in [3.63, 3.8) is 0 Å². The number of pyridine rings is 1. The third kappa shape index (κ3) is 5.71. The van der Waals surface area contributed by atoms with Crippen LogP contribution in [0.3, 0.4) is 0 Å². The van der Waals surface area contributed by atoms with Crippen molar-refractivity contribution in [2.75, 3.05) is 43.7 Å². The van der Waals surface area contributed by atoms with Gasteiger partial charge in [0.15, 0.2) is 0 Å². The van der Waals surface area contributed by atoms with Crippen molar-refractivity contribution in [3.8, 4) is 0 Å². The van der Waals surface area contributed by atoms with Crippen LogP contribution in [-0.4, -0.2) is 55.7 Å². The van der Waals surface area contributed by atoms with Crippen molar-refractivity contribution >= 4 is 46.4 Å². The SMILES string of the molecule is Cc1ccc(NC(=O)c2cc(Cl)cc(N(C)C)c2NC(=O)c2ccc(C(=N)N(C)C)cc2)nc1. The fourth-order valence-corrected chi connectivity index (χ4v) is 3.42. The molecule has 3 aromatic rings. The Balaban J connectivity index is 1.94. The third-order valence-corrected chi connectivity index (χ3v) is 5.29. The molecule has 0 bridgehead atoms. The second-order valence-corrected chi connectivity index (χ2v) is 8.63. The number of halogens is 1. The van der Waals surface area contributed by atoms with Crippen molar-refractivity contribution in [2.45, 2.75) is 6.92 Å². The Hall–Kier alpha value is -3.91. The van der Waals surface area contributed by atoms with Gasteiger partial charge in [-0.25, -0.2) is 4.98 Å². The Labute approximate surface area is 204 Å². The first-order valence-corrected chi connectivity index (χ1v) is 10.9. The number of nitrogens with zero attached hydrogens (tertiary/aromatic N) is 3. The molecule has 0 aliphatic heterocycles. The Morgan fingerprint density at radius 1 is 0.912 bits per heavy atom. The second-order valence-electron chi connectivity index (χ2n) is 8.19. The van der Waals surface area contributed by atoms with Crippen LogP contribution >= 0.6 is 11.6 Å². The summed E-state index contributed by atoms with van der Waals surface area (Å²) in [5.41, 5.74) is 3.16. The van der Waals surface area contributed by atoms with Crippen LogP contribution in [0.4, 0.5) is 17.2 Å². The number of carbonyl (C=O) groups is 2. The molecular formula is C25H27ClN6O2. The number of rotatable bonds is 6. The molecule has 3 N–H and O–H groups in total. The Bertz CT molecular complexity index is 1220. The van der Waals surface area contributed by atoms with Gasteiger partial charge in [-0.2, -0.15) is 0 Å². The number of anilines is 3. The molecule has 0 radical (unpaired) electrons. The summed E-state index contributed by atoms with van der Waals surface area (Å²) < 4.78 is 0. The number of benzene rings is 2. The van der Waals surface area contributed by atoms with Crippen molar-refractivity contribution in [2.24, 2.45) is 0 Å². The normalized spacial score (nSPS) is 10.4. The number of amidine groups is 1. The quantitative estimate of drug-likeness (QED) is 0.357. The standard InChI is InChI=1S/C25H27ClN6O2/c1-15-6-11-21(28-14-15)29-25(34)19-12-18(26)13-20(31(2)3)22(19)30-24(33)17-9-7-16(8-10-17)23(27)32(4)5/h6-14,27H,1-5H3,(H,30,33)(H,28,29,34). The molecule has 8 nitrogen and oxygen atoms in total. The van der Waals surface area contributed by atoms with Gasteiger partial charge >= 0.3 is 0 Å². The van der Waals surface area contributed by atoms with E-state index in [-0.39, 0.29) is 5.56 Å². The zero-order chi connectivity index (χ0) is 25.0. The van der Waals surface area contributed by atoms with Gasteiger partial charge in [0.1, 0.15) is 11.7 Å². The van der Waals surface area contributed by atoms with Gasteiger partial charge < -0.3 is 20.4 Å². The molecule has 1 aromatic heterocycles. The van der Waals surface area contributed by atoms with Crippen molar-refractivity contribution in [1.29, 1.82) is 5.41 Å². The first-order valence-electron chi connectivity index (χ1n) is 10.5. The molecule has 3 rings (SSSR count). The fourth-order valence-electron chi connectivity index (χ4n) is 3.20. The van der Waals surface area contributed by atoms with Gasteiger partial charge in [-0.05, 0) is 42.8 Å². The van der Waals surface area contributed by atoms with Crippen LogP contribution in [0.5, 0.6) is 0 Å². The highest BCUT2D eigenvalue weighted by molar-refractivity contribution is 6.32. The van der Waals surface area contributed by atoms with E-state index in [1.165, 1.54) is 6.07 Å². The van der Waals surface area contributed by atoms with Crippen molar-refractivity contribution < 1.29 is 9.59 Å². The lowest BCUT2D eigenvalue weighted by Gasteiger charge is -2.21. The monoisotopic (exact) mass is 478 g/mol. The summed E-state index contributed by atoms with van der Waals surface area (Å²) in [5, 5.41) is 14.1. The number of aryl methyl sites for hydroxylation is 1. The molecule has 1 heterocycles. The highest BCUT2D eigenvalue weighted by Gasteiger charge is 2.21. The van der Waals surface area contributed by atoms with Crippen LogP contribution in [0.2, 0.25) is 5.02 Å². The summed E-state index contributed by atoms with van der Waals surface area (Å²) in [6.45, 7) is 1.91. The van der Waals surface area contributed by atoms with Crippen LogP contribution in [0.1, 0.15) is 31.8 Å². The van der Waals surface area contributed by atoms with E-state index in [1.54, 1.807) is 80.6 Å². The molecule has 0 unspecified atom stereocenters. The second kappa shape index (κ2) is 10.4. The van der Waals surface area contributed by atoms with Crippen LogP contribution in [-0.2, 0) is 0 Å². The number of amides is 2. The number of carbonyl (C=O) groups excluding carboxylic acids is 2. The van der Waals surface area contributed by atoms with Crippen LogP contribution in [0.25, 0.3) is 0 Å². The average Bonchev–Trinajstić information content (AvgIpc) is 2.80.